The summed E-state index contributed by atoms with van der Waals surface area (Å²) < 4.78 is 5.00. The van der Waals surface area contributed by atoms with Crippen molar-refractivity contribution in [3.8, 4) is 5.75 Å². The van der Waals surface area contributed by atoms with E-state index >= 15 is 0 Å². The number of nitrogens with one attached hydrogen (secondary N) is 1. The Morgan fingerprint density at radius 2 is 2.07 bits per heavy atom. The van der Waals surface area contributed by atoms with Crippen molar-refractivity contribution in [2.24, 2.45) is 5.10 Å². The van der Waals surface area contributed by atoms with Gasteiger partial charge in [-0.05, 0) is 31.2 Å². The average Bonchev–Trinajstić information content (AvgIpc) is 2.26. The zero-order chi connectivity index (χ0) is 10.4. The first-order valence-corrected chi connectivity index (χ1v) is 4.16. The highest BCUT2D eigenvalue weighted by Crippen LogP contribution is 2.14. The van der Waals surface area contributed by atoms with E-state index in [0.29, 0.717) is 12.0 Å². The van der Waals surface area contributed by atoms with Crippen molar-refractivity contribution < 1.29 is 9.53 Å². The van der Waals surface area contributed by atoms with Gasteiger partial charge in [0.25, 0.3) is 0 Å². The molecule has 74 valence electrons. The first-order chi connectivity index (χ1) is 6.76. The molecule has 1 N–H and O–H groups in total. The fraction of sp³-hybridized carbons (Fsp3) is 0.200. The molecule has 4 heteroatoms. The number of benzene rings is 1. The summed E-state index contributed by atoms with van der Waals surface area (Å²) in [7, 11) is 1.61. The molecule has 0 radical (unpaired) electrons. The largest absolute Gasteiger partial charge is 0.497 e. The van der Waals surface area contributed by atoms with Crippen LogP contribution in [0, 0.1) is 0 Å². The summed E-state index contributed by atoms with van der Waals surface area (Å²) in [5.74, 6) is 0.784. The van der Waals surface area contributed by atoms with Crippen molar-refractivity contribution in [3.63, 3.8) is 0 Å². The van der Waals surface area contributed by atoms with E-state index in [0.717, 1.165) is 11.4 Å². The predicted octanol–water partition coefficient (Wildman–Crippen LogP) is 1.68. The first kappa shape index (κ1) is 10.2. The Balaban J connectivity index is 2.64. The van der Waals surface area contributed by atoms with Crippen LogP contribution in [0.25, 0.3) is 0 Å². The zero-order valence-corrected chi connectivity index (χ0v) is 8.15. The number of carbonyl (C=O) groups is 1. The number of methoxy groups -OCH3 is 1. The number of aldehydes is 1. The van der Waals surface area contributed by atoms with Gasteiger partial charge in [0.1, 0.15) is 5.75 Å². The van der Waals surface area contributed by atoms with E-state index in [9.17, 15) is 4.79 Å². The van der Waals surface area contributed by atoms with Crippen LogP contribution in [0.4, 0.5) is 5.69 Å². The van der Waals surface area contributed by atoms with Gasteiger partial charge in [-0.25, -0.2) is 0 Å². The van der Waals surface area contributed by atoms with E-state index < -0.39 is 0 Å². The molecule has 0 saturated heterocycles. The van der Waals surface area contributed by atoms with Crippen LogP contribution < -0.4 is 10.2 Å². The third-order valence-corrected chi connectivity index (χ3v) is 1.62. The standard InChI is InChI=1S/C10H12N2O2/c1-8(7-13)11-12-9-3-5-10(14-2)6-4-9/h3-7,12H,1-2H3/b11-8+. The molecule has 0 amide bonds. The fourth-order valence-electron chi connectivity index (χ4n) is 0.845. The van der Waals surface area contributed by atoms with Crippen molar-refractivity contribution in [1.82, 2.24) is 0 Å². The Hall–Kier alpha value is -1.84. The van der Waals surface area contributed by atoms with Gasteiger partial charge in [-0.1, -0.05) is 0 Å². The third kappa shape index (κ3) is 2.90. The maximum Gasteiger partial charge on any atom is 0.165 e. The molecular formula is C10H12N2O2. The van der Waals surface area contributed by atoms with Crippen LogP contribution in [0.1, 0.15) is 6.92 Å². The lowest BCUT2D eigenvalue weighted by Crippen LogP contribution is -1.97. The van der Waals surface area contributed by atoms with E-state index in [-0.39, 0.29) is 0 Å². The quantitative estimate of drug-likeness (QED) is 0.448. The van der Waals surface area contributed by atoms with Gasteiger partial charge < -0.3 is 4.74 Å². The van der Waals surface area contributed by atoms with Gasteiger partial charge in [-0.2, -0.15) is 5.10 Å². The number of anilines is 1. The third-order valence-electron chi connectivity index (χ3n) is 1.62. The summed E-state index contributed by atoms with van der Waals surface area (Å²) in [6.07, 6.45) is 0.691. The summed E-state index contributed by atoms with van der Waals surface area (Å²) in [5.41, 5.74) is 3.96. The van der Waals surface area contributed by atoms with Crippen molar-refractivity contribution in [1.29, 1.82) is 0 Å². The first-order valence-electron chi connectivity index (χ1n) is 4.16. The van der Waals surface area contributed by atoms with Gasteiger partial charge in [-0.3, -0.25) is 10.2 Å². The Bertz CT molecular complexity index is 330. The smallest absolute Gasteiger partial charge is 0.165 e. The van der Waals surface area contributed by atoms with Crippen molar-refractivity contribution in [2.45, 2.75) is 6.92 Å². The minimum Gasteiger partial charge on any atom is -0.497 e. The van der Waals surface area contributed by atoms with E-state index in [2.05, 4.69) is 10.5 Å². The molecule has 0 aliphatic heterocycles. The summed E-state index contributed by atoms with van der Waals surface area (Å²) >= 11 is 0. The monoisotopic (exact) mass is 192 g/mol. The topological polar surface area (TPSA) is 50.7 Å². The van der Waals surface area contributed by atoms with Crippen LogP contribution in [0.5, 0.6) is 5.75 Å². The molecule has 0 aliphatic rings. The van der Waals surface area contributed by atoms with Gasteiger partial charge in [-0.15, -0.1) is 0 Å². The highest BCUT2D eigenvalue weighted by atomic mass is 16.5. The molecule has 0 fully saturated rings. The van der Waals surface area contributed by atoms with E-state index in [1.165, 1.54) is 0 Å². The summed E-state index contributed by atoms with van der Waals surface area (Å²) in [4.78, 5) is 10.2. The second-order valence-corrected chi connectivity index (χ2v) is 2.71. The Morgan fingerprint density at radius 3 is 2.57 bits per heavy atom. The minimum absolute atomic E-state index is 0.404. The van der Waals surface area contributed by atoms with Crippen LogP contribution in [0.2, 0.25) is 0 Å². The molecule has 0 saturated carbocycles. The molecule has 0 unspecified atom stereocenters. The molecule has 0 atom stereocenters. The second-order valence-electron chi connectivity index (χ2n) is 2.71. The lowest BCUT2D eigenvalue weighted by molar-refractivity contribution is -0.102. The lowest BCUT2D eigenvalue weighted by Gasteiger charge is -2.02. The van der Waals surface area contributed by atoms with Crippen LogP contribution >= 0.6 is 0 Å². The van der Waals surface area contributed by atoms with Crippen LogP contribution in [-0.2, 0) is 4.79 Å². The number of ether oxygens (including phenoxy) is 1. The number of hydrazone groups is 1. The Labute approximate surface area is 82.6 Å². The minimum atomic E-state index is 0.404. The molecule has 0 heterocycles. The summed E-state index contributed by atoms with van der Waals surface area (Å²) in [5, 5.41) is 3.83. The zero-order valence-electron chi connectivity index (χ0n) is 8.15. The summed E-state index contributed by atoms with van der Waals surface area (Å²) in [6.45, 7) is 1.63. The molecule has 4 nitrogen and oxygen atoms in total. The Morgan fingerprint density at radius 1 is 1.43 bits per heavy atom. The molecule has 1 aromatic rings. The number of carbonyl (C=O) groups excluding carboxylic acids is 1. The number of rotatable bonds is 4. The van der Waals surface area contributed by atoms with Gasteiger partial charge in [0.2, 0.25) is 0 Å². The molecule has 0 aromatic heterocycles. The number of hydrogen-bond donors (Lipinski definition) is 1. The number of hydrogen-bond acceptors (Lipinski definition) is 4. The van der Waals surface area contributed by atoms with Crippen molar-refractivity contribution >= 4 is 17.7 Å². The van der Waals surface area contributed by atoms with Gasteiger partial charge in [0.15, 0.2) is 6.29 Å². The highest BCUT2D eigenvalue weighted by Gasteiger charge is 1.92. The molecule has 0 aliphatic carbocycles. The van der Waals surface area contributed by atoms with E-state index in [1.54, 1.807) is 14.0 Å². The molecule has 14 heavy (non-hydrogen) atoms. The van der Waals surface area contributed by atoms with E-state index in [1.807, 2.05) is 24.3 Å². The highest BCUT2D eigenvalue weighted by molar-refractivity contribution is 6.27. The fourth-order valence-corrected chi connectivity index (χ4v) is 0.845. The van der Waals surface area contributed by atoms with Gasteiger partial charge in [0, 0.05) is 0 Å². The second kappa shape index (κ2) is 5.01. The average molecular weight is 192 g/mol. The molecular weight excluding hydrogens is 180 g/mol. The summed E-state index contributed by atoms with van der Waals surface area (Å²) in [6, 6.07) is 7.27. The maximum atomic E-state index is 10.2. The maximum absolute atomic E-state index is 10.2. The van der Waals surface area contributed by atoms with Crippen LogP contribution in [-0.4, -0.2) is 19.1 Å². The molecule has 1 rings (SSSR count). The SMILES string of the molecule is COc1ccc(N/N=C(\C)C=O)cc1. The van der Waals surface area contributed by atoms with Crippen LogP contribution in [0.15, 0.2) is 29.4 Å². The molecule has 1 aromatic carbocycles. The molecule has 0 spiro atoms. The normalized spacial score (nSPS) is 10.9. The van der Waals surface area contributed by atoms with Crippen LogP contribution in [0.3, 0.4) is 0 Å². The molecule has 0 bridgehead atoms. The van der Waals surface area contributed by atoms with Gasteiger partial charge >= 0.3 is 0 Å². The number of nitrogens with zero attached hydrogens (tertiary/aromatic N) is 1. The van der Waals surface area contributed by atoms with Crippen molar-refractivity contribution in [2.75, 3.05) is 12.5 Å². The predicted molar refractivity (Wildman–Crippen MR) is 55.8 cm³/mol. The lowest BCUT2D eigenvalue weighted by atomic mass is 10.3. The van der Waals surface area contributed by atoms with E-state index in [4.69, 9.17) is 4.74 Å². The van der Waals surface area contributed by atoms with Gasteiger partial charge in [0.05, 0.1) is 18.5 Å². The Kier molecular flexibility index (Phi) is 3.67. The van der Waals surface area contributed by atoms with Crippen molar-refractivity contribution in [3.05, 3.63) is 24.3 Å².